The smallest absolute Gasteiger partial charge is 0.385 e. The van der Waals surface area contributed by atoms with Crippen molar-refractivity contribution in [1.82, 2.24) is 10.2 Å². The second-order valence-corrected chi connectivity index (χ2v) is 7.00. The predicted molar refractivity (Wildman–Crippen MR) is 95.1 cm³/mol. The van der Waals surface area contributed by atoms with E-state index < -0.39 is 29.3 Å². The summed E-state index contributed by atoms with van der Waals surface area (Å²) in [5, 5.41) is 3.12. The lowest BCUT2D eigenvalue weighted by molar-refractivity contribution is -0.146. The first-order valence-corrected chi connectivity index (χ1v) is 8.87. The Morgan fingerprint density at radius 3 is 2.37 bits per heavy atom. The maximum Gasteiger partial charge on any atom is 0.416 e. The zero-order valence-electron chi connectivity index (χ0n) is 15.2. The quantitative estimate of drug-likeness (QED) is 0.818. The summed E-state index contributed by atoms with van der Waals surface area (Å²) in [5.74, 6) is -1.44. The summed E-state index contributed by atoms with van der Waals surface area (Å²) in [4.78, 5) is 28.3. The number of hydrogen-bond acceptors (Lipinski definition) is 4. The van der Waals surface area contributed by atoms with Crippen LogP contribution < -0.4 is 10.2 Å². The van der Waals surface area contributed by atoms with Gasteiger partial charge in [-0.25, -0.2) is 0 Å². The van der Waals surface area contributed by atoms with Crippen molar-refractivity contribution in [3.05, 3.63) is 41.6 Å². The highest BCUT2D eigenvalue weighted by Crippen LogP contribution is 2.32. The standard InChI is InChI=1S/C19H22F3N3O2/c1-12-10-16(13(2)23-12)17(26)18(27)25-8-6-24(7-9-25)15-5-3-4-14(11-15)19(20,21)22/h3-5,10-11,13,16,23H,6-9H2,1-2H3. The van der Waals surface area contributed by atoms with Gasteiger partial charge in [0.15, 0.2) is 0 Å². The summed E-state index contributed by atoms with van der Waals surface area (Å²) in [6.45, 7) is 5.08. The predicted octanol–water partition coefficient (Wildman–Crippen LogP) is 2.43. The van der Waals surface area contributed by atoms with E-state index >= 15 is 0 Å². The van der Waals surface area contributed by atoms with Crippen LogP contribution in [0.4, 0.5) is 18.9 Å². The Morgan fingerprint density at radius 2 is 1.81 bits per heavy atom. The van der Waals surface area contributed by atoms with Gasteiger partial charge >= 0.3 is 6.18 Å². The van der Waals surface area contributed by atoms with Gasteiger partial charge < -0.3 is 15.1 Å². The molecule has 3 rings (SSSR count). The lowest BCUT2D eigenvalue weighted by atomic mass is 9.97. The maximum absolute atomic E-state index is 12.9. The molecule has 8 heteroatoms. The number of Topliss-reactive ketones (excluding diaryl/α,β-unsaturated/α-hetero) is 1. The molecule has 2 heterocycles. The van der Waals surface area contributed by atoms with E-state index in [-0.39, 0.29) is 6.04 Å². The number of hydrogen-bond donors (Lipinski definition) is 1. The van der Waals surface area contributed by atoms with E-state index in [1.165, 1.54) is 11.0 Å². The maximum atomic E-state index is 12.9. The van der Waals surface area contributed by atoms with Crippen LogP contribution in [0.25, 0.3) is 0 Å². The minimum atomic E-state index is -4.39. The zero-order chi connectivity index (χ0) is 19.8. The van der Waals surface area contributed by atoms with E-state index in [2.05, 4.69) is 5.32 Å². The molecule has 2 atom stereocenters. The summed E-state index contributed by atoms with van der Waals surface area (Å²) in [6.07, 6.45) is -2.62. The van der Waals surface area contributed by atoms with Crippen LogP contribution in [0, 0.1) is 5.92 Å². The van der Waals surface area contributed by atoms with Gasteiger partial charge in [0.05, 0.1) is 11.5 Å². The Labute approximate surface area is 155 Å². The second-order valence-electron chi connectivity index (χ2n) is 7.00. The van der Waals surface area contributed by atoms with Crippen molar-refractivity contribution < 1.29 is 22.8 Å². The molecule has 1 N–H and O–H groups in total. The molecule has 2 aliphatic rings. The van der Waals surface area contributed by atoms with Crippen molar-refractivity contribution in [3.63, 3.8) is 0 Å². The average Bonchev–Trinajstić information content (AvgIpc) is 2.98. The Morgan fingerprint density at radius 1 is 1.15 bits per heavy atom. The molecule has 1 amide bonds. The molecule has 0 saturated carbocycles. The molecule has 0 bridgehead atoms. The van der Waals surface area contributed by atoms with Crippen LogP contribution >= 0.6 is 0 Å². The molecule has 1 aromatic carbocycles. The average molecular weight is 381 g/mol. The van der Waals surface area contributed by atoms with Gasteiger partial charge in [-0.2, -0.15) is 13.2 Å². The lowest BCUT2D eigenvalue weighted by Crippen LogP contribution is -2.52. The van der Waals surface area contributed by atoms with Crippen molar-refractivity contribution >= 4 is 17.4 Å². The third-order valence-corrected chi connectivity index (χ3v) is 5.04. The van der Waals surface area contributed by atoms with E-state index in [0.29, 0.717) is 31.9 Å². The molecule has 5 nitrogen and oxygen atoms in total. The topological polar surface area (TPSA) is 52.7 Å². The SMILES string of the molecule is CC1=CC(C(=O)C(=O)N2CCN(c3cccc(C(F)(F)F)c3)CC2)C(C)N1. The number of piperazine rings is 1. The molecule has 2 aliphatic heterocycles. The van der Waals surface area contributed by atoms with Crippen molar-refractivity contribution in [2.24, 2.45) is 5.92 Å². The summed E-state index contributed by atoms with van der Waals surface area (Å²) in [7, 11) is 0. The van der Waals surface area contributed by atoms with Gasteiger partial charge in [-0.1, -0.05) is 12.1 Å². The molecule has 0 spiro atoms. The molecule has 2 unspecified atom stereocenters. The first kappa shape index (κ1) is 19.3. The molecule has 0 aliphatic carbocycles. The van der Waals surface area contributed by atoms with E-state index in [1.807, 2.05) is 13.8 Å². The van der Waals surface area contributed by atoms with Gasteiger partial charge in [-0.3, -0.25) is 9.59 Å². The number of benzene rings is 1. The van der Waals surface area contributed by atoms with Crippen LogP contribution in [0.5, 0.6) is 0 Å². The van der Waals surface area contributed by atoms with Crippen LogP contribution in [-0.4, -0.2) is 48.8 Å². The van der Waals surface area contributed by atoms with Crippen LogP contribution in [-0.2, 0) is 15.8 Å². The van der Waals surface area contributed by atoms with Gasteiger partial charge in [0.2, 0.25) is 5.78 Å². The van der Waals surface area contributed by atoms with E-state index in [4.69, 9.17) is 0 Å². The fourth-order valence-corrected chi connectivity index (χ4v) is 3.56. The molecular formula is C19H22F3N3O2. The first-order chi connectivity index (χ1) is 12.7. The molecule has 1 aromatic rings. The summed E-state index contributed by atoms with van der Waals surface area (Å²) in [5.41, 5.74) is 0.650. The number of carbonyl (C=O) groups is 2. The van der Waals surface area contributed by atoms with Gasteiger partial charge in [0, 0.05) is 43.6 Å². The highest BCUT2D eigenvalue weighted by molar-refractivity contribution is 6.37. The van der Waals surface area contributed by atoms with Crippen molar-refractivity contribution in [2.75, 3.05) is 31.1 Å². The molecule has 0 radical (unpaired) electrons. The summed E-state index contributed by atoms with van der Waals surface area (Å²) in [6, 6.07) is 5.03. The minimum Gasteiger partial charge on any atom is -0.385 e. The van der Waals surface area contributed by atoms with Gasteiger partial charge in [0.1, 0.15) is 0 Å². The number of anilines is 1. The highest BCUT2D eigenvalue weighted by atomic mass is 19.4. The number of halogens is 3. The number of rotatable bonds is 3. The van der Waals surface area contributed by atoms with Gasteiger partial charge in [-0.15, -0.1) is 0 Å². The van der Waals surface area contributed by atoms with E-state index in [1.54, 1.807) is 17.0 Å². The number of nitrogens with one attached hydrogen (secondary N) is 1. The van der Waals surface area contributed by atoms with E-state index in [0.717, 1.165) is 17.8 Å². The Balaban J connectivity index is 1.62. The van der Waals surface area contributed by atoms with Crippen LogP contribution in [0.15, 0.2) is 36.0 Å². The molecule has 146 valence electrons. The number of allylic oxidation sites excluding steroid dienone is 1. The van der Waals surface area contributed by atoms with Crippen LogP contribution in [0.1, 0.15) is 19.4 Å². The van der Waals surface area contributed by atoms with Crippen molar-refractivity contribution in [3.8, 4) is 0 Å². The molecule has 0 aromatic heterocycles. The fraction of sp³-hybridized carbons (Fsp3) is 0.474. The van der Waals surface area contributed by atoms with Crippen molar-refractivity contribution in [1.29, 1.82) is 0 Å². The number of ketones is 1. The van der Waals surface area contributed by atoms with Crippen molar-refractivity contribution in [2.45, 2.75) is 26.1 Å². The number of carbonyl (C=O) groups excluding carboxylic acids is 2. The minimum absolute atomic E-state index is 0.118. The Bertz CT molecular complexity index is 768. The number of alkyl halides is 3. The summed E-state index contributed by atoms with van der Waals surface area (Å²) < 4.78 is 38.6. The zero-order valence-corrected chi connectivity index (χ0v) is 15.2. The second kappa shape index (κ2) is 7.25. The first-order valence-electron chi connectivity index (χ1n) is 8.87. The van der Waals surface area contributed by atoms with Gasteiger partial charge in [0.25, 0.3) is 5.91 Å². The molecule has 27 heavy (non-hydrogen) atoms. The monoisotopic (exact) mass is 381 g/mol. The lowest BCUT2D eigenvalue weighted by Gasteiger charge is -2.36. The largest absolute Gasteiger partial charge is 0.416 e. The fourth-order valence-electron chi connectivity index (χ4n) is 3.56. The molecule has 1 fully saturated rings. The third kappa shape index (κ3) is 4.09. The Kier molecular flexibility index (Phi) is 5.17. The number of nitrogens with zero attached hydrogens (tertiary/aromatic N) is 2. The Hall–Kier alpha value is -2.51. The third-order valence-electron chi connectivity index (χ3n) is 5.04. The highest BCUT2D eigenvalue weighted by Gasteiger charge is 2.36. The summed E-state index contributed by atoms with van der Waals surface area (Å²) >= 11 is 0. The normalized spacial score (nSPS) is 23.1. The van der Waals surface area contributed by atoms with Crippen LogP contribution in [0.2, 0.25) is 0 Å². The molecule has 1 saturated heterocycles. The van der Waals surface area contributed by atoms with Crippen LogP contribution in [0.3, 0.4) is 0 Å². The molecular weight excluding hydrogens is 359 g/mol. The number of amides is 1. The van der Waals surface area contributed by atoms with Gasteiger partial charge in [-0.05, 0) is 32.0 Å². The van der Waals surface area contributed by atoms with E-state index in [9.17, 15) is 22.8 Å².